The third-order valence-electron chi connectivity index (χ3n) is 3.50. The Labute approximate surface area is 101 Å². The van der Waals surface area contributed by atoms with Crippen molar-refractivity contribution in [3.8, 4) is 0 Å². The van der Waals surface area contributed by atoms with E-state index in [1.54, 1.807) is 24.1 Å². The second kappa shape index (κ2) is 4.87. The first kappa shape index (κ1) is 12.1. The van der Waals surface area contributed by atoms with Gasteiger partial charge in [-0.25, -0.2) is 4.98 Å². The van der Waals surface area contributed by atoms with E-state index in [1.807, 2.05) is 0 Å². The minimum Gasteiger partial charge on any atom is -0.349 e. The minimum atomic E-state index is -0.216. The first-order valence-corrected chi connectivity index (χ1v) is 6.14. The van der Waals surface area contributed by atoms with Crippen LogP contribution < -0.4 is 11.1 Å². The molecule has 1 aromatic heterocycles. The zero-order chi connectivity index (χ0) is 12.3. The summed E-state index contributed by atoms with van der Waals surface area (Å²) in [7, 11) is 1.81. The summed E-state index contributed by atoms with van der Waals surface area (Å²) in [6.07, 6.45) is 8.77. The lowest BCUT2D eigenvalue weighted by atomic mass is 9.82. The number of rotatable bonds is 3. The van der Waals surface area contributed by atoms with Crippen molar-refractivity contribution >= 4 is 5.91 Å². The summed E-state index contributed by atoms with van der Waals surface area (Å²) in [5, 5.41) is 2.91. The van der Waals surface area contributed by atoms with E-state index in [-0.39, 0.29) is 11.4 Å². The van der Waals surface area contributed by atoms with E-state index in [0.29, 0.717) is 12.2 Å². The maximum absolute atomic E-state index is 11.9. The Hall–Kier alpha value is -1.36. The van der Waals surface area contributed by atoms with Crippen LogP contribution in [0.25, 0.3) is 0 Å². The zero-order valence-electron chi connectivity index (χ0n) is 10.3. The molecule has 0 atom stereocenters. The van der Waals surface area contributed by atoms with Crippen molar-refractivity contribution in [1.82, 2.24) is 14.9 Å². The molecule has 94 valence electrons. The molecule has 1 aromatic rings. The van der Waals surface area contributed by atoms with Gasteiger partial charge in [0.05, 0.1) is 12.5 Å². The number of nitrogens with one attached hydrogen (secondary N) is 1. The molecule has 2 rings (SSSR count). The van der Waals surface area contributed by atoms with Crippen LogP contribution in [0, 0.1) is 0 Å². The molecule has 0 radical (unpaired) electrons. The number of nitrogens with two attached hydrogens (primary N) is 1. The Morgan fingerprint density at radius 1 is 1.53 bits per heavy atom. The van der Waals surface area contributed by atoms with Crippen molar-refractivity contribution in [2.75, 3.05) is 6.54 Å². The van der Waals surface area contributed by atoms with E-state index in [2.05, 4.69) is 10.3 Å². The molecule has 17 heavy (non-hydrogen) atoms. The summed E-state index contributed by atoms with van der Waals surface area (Å²) in [4.78, 5) is 15.8. The average molecular weight is 236 g/mol. The highest BCUT2D eigenvalue weighted by molar-refractivity contribution is 5.92. The molecule has 0 saturated heterocycles. The number of amides is 1. The quantitative estimate of drug-likeness (QED) is 0.815. The summed E-state index contributed by atoms with van der Waals surface area (Å²) in [5.74, 6) is -0.0969. The molecule has 0 spiro atoms. The van der Waals surface area contributed by atoms with Crippen LogP contribution in [0.3, 0.4) is 0 Å². The van der Waals surface area contributed by atoms with E-state index in [4.69, 9.17) is 5.73 Å². The molecule has 5 heteroatoms. The van der Waals surface area contributed by atoms with E-state index in [0.717, 1.165) is 25.7 Å². The van der Waals surface area contributed by atoms with Gasteiger partial charge in [0.1, 0.15) is 5.69 Å². The van der Waals surface area contributed by atoms with E-state index in [1.165, 1.54) is 6.42 Å². The van der Waals surface area contributed by atoms with Gasteiger partial charge in [0.25, 0.3) is 5.91 Å². The summed E-state index contributed by atoms with van der Waals surface area (Å²) >= 11 is 0. The number of aromatic nitrogens is 2. The standard InChI is InChI=1S/C12H20N4O/c1-16-9-14-7-10(16)11(17)15-8-12(13)5-3-2-4-6-12/h7,9H,2-6,8,13H2,1H3,(H,15,17). The summed E-state index contributed by atoms with van der Waals surface area (Å²) in [6.45, 7) is 0.553. The molecule has 5 nitrogen and oxygen atoms in total. The highest BCUT2D eigenvalue weighted by Crippen LogP contribution is 2.25. The van der Waals surface area contributed by atoms with Gasteiger partial charge in [-0.3, -0.25) is 4.79 Å². The van der Waals surface area contributed by atoms with E-state index < -0.39 is 0 Å². The summed E-state index contributed by atoms with van der Waals surface area (Å²) in [6, 6.07) is 0. The van der Waals surface area contributed by atoms with Crippen LogP contribution in [0.2, 0.25) is 0 Å². The lowest BCUT2D eigenvalue weighted by molar-refractivity contribution is 0.0929. The van der Waals surface area contributed by atoms with Crippen molar-refractivity contribution in [2.24, 2.45) is 12.8 Å². The van der Waals surface area contributed by atoms with Crippen molar-refractivity contribution in [3.05, 3.63) is 18.2 Å². The number of carbonyl (C=O) groups is 1. The normalized spacial score (nSPS) is 18.9. The van der Waals surface area contributed by atoms with Gasteiger partial charge in [-0.15, -0.1) is 0 Å². The van der Waals surface area contributed by atoms with Crippen LogP contribution in [-0.2, 0) is 7.05 Å². The maximum Gasteiger partial charge on any atom is 0.269 e. The van der Waals surface area contributed by atoms with Gasteiger partial charge >= 0.3 is 0 Å². The fourth-order valence-corrected chi connectivity index (χ4v) is 2.36. The second-order valence-corrected chi connectivity index (χ2v) is 5.00. The third-order valence-corrected chi connectivity index (χ3v) is 3.50. The molecular formula is C12H20N4O. The molecule has 0 aliphatic heterocycles. The molecule has 1 heterocycles. The fourth-order valence-electron chi connectivity index (χ4n) is 2.36. The average Bonchev–Trinajstić information content (AvgIpc) is 2.74. The second-order valence-electron chi connectivity index (χ2n) is 5.00. The van der Waals surface area contributed by atoms with Crippen molar-refractivity contribution < 1.29 is 4.79 Å². The molecule has 0 unspecified atom stereocenters. The first-order chi connectivity index (χ1) is 8.11. The van der Waals surface area contributed by atoms with Crippen LogP contribution in [0.5, 0.6) is 0 Å². The molecule has 0 bridgehead atoms. The summed E-state index contributed by atoms with van der Waals surface area (Å²) in [5.41, 5.74) is 6.62. The number of imidazole rings is 1. The third kappa shape index (κ3) is 2.85. The van der Waals surface area contributed by atoms with Crippen LogP contribution in [-0.4, -0.2) is 27.5 Å². The maximum atomic E-state index is 11.9. The SMILES string of the molecule is Cn1cncc1C(=O)NCC1(N)CCCCC1. The number of carbonyl (C=O) groups excluding carboxylic acids is 1. The van der Waals surface area contributed by atoms with Gasteiger partial charge < -0.3 is 15.6 Å². The number of hydrogen-bond acceptors (Lipinski definition) is 3. The van der Waals surface area contributed by atoms with Crippen LogP contribution >= 0.6 is 0 Å². The Kier molecular flexibility index (Phi) is 3.47. The zero-order valence-corrected chi connectivity index (χ0v) is 10.3. The highest BCUT2D eigenvalue weighted by atomic mass is 16.1. The van der Waals surface area contributed by atoms with E-state index in [9.17, 15) is 4.79 Å². The van der Waals surface area contributed by atoms with Crippen LogP contribution in [0.4, 0.5) is 0 Å². The largest absolute Gasteiger partial charge is 0.349 e. The van der Waals surface area contributed by atoms with Crippen LogP contribution in [0.15, 0.2) is 12.5 Å². The minimum absolute atomic E-state index is 0.0969. The van der Waals surface area contributed by atoms with Gasteiger partial charge in [0.15, 0.2) is 0 Å². The molecule has 1 fully saturated rings. The number of nitrogens with zero attached hydrogens (tertiary/aromatic N) is 2. The molecule has 1 aliphatic rings. The lowest BCUT2D eigenvalue weighted by Gasteiger charge is -2.33. The molecule has 0 aromatic carbocycles. The van der Waals surface area contributed by atoms with Gasteiger partial charge in [0.2, 0.25) is 0 Å². The Morgan fingerprint density at radius 2 is 2.24 bits per heavy atom. The first-order valence-electron chi connectivity index (χ1n) is 6.14. The number of hydrogen-bond donors (Lipinski definition) is 2. The predicted octanol–water partition coefficient (Wildman–Crippen LogP) is 0.811. The Morgan fingerprint density at radius 3 is 2.82 bits per heavy atom. The van der Waals surface area contributed by atoms with Crippen molar-refractivity contribution in [1.29, 1.82) is 0 Å². The van der Waals surface area contributed by atoms with Crippen molar-refractivity contribution in [2.45, 2.75) is 37.6 Å². The number of aryl methyl sites for hydroxylation is 1. The van der Waals surface area contributed by atoms with Crippen LogP contribution in [0.1, 0.15) is 42.6 Å². The summed E-state index contributed by atoms with van der Waals surface area (Å²) < 4.78 is 1.71. The highest BCUT2D eigenvalue weighted by Gasteiger charge is 2.28. The predicted molar refractivity (Wildman–Crippen MR) is 65.5 cm³/mol. The lowest BCUT2D eigenvalue weighted by Crippen LogP contribution is -2.51. The van der Waals surface area contributed by atoms with Crippen molar-refractivity contribution in [3.63, 3.8) is 0 Å². The molecule has 1 aliphatic carbocycles. The molecule has 1 amide bonds. The Balaban J connectivity index is 1.90. The smallest absolute Gasteiger partial charge is 0.269 e. The fraction of sp³-hybridized carbons (Fsp3) is 0.667. The molecular weight excluding hydrogens is 216 g/mol. The topological polar surface area (TPSA) is 72.9 Å². The molecule has 3 N–H and O–H groups in total. The molecule has 1 saturated carbocycles. The monoisotopic (exact) mass is 236 g/mol. The van der Waals surface area contributed by atoms with E-state index >= 15 is 0 Å². The van der Waals surface area contributed by atoms with Gasteiger partial charge in [-0.1, -0.05) is 19.3 Å². The van der Waals surface area contributed by atoms with Gasteiger partial charge in [-0.2, -0.15) is 0 Å². The van der Waals surface area contributed by atoms with Gasteiger partial charge in [-0.05, 0) is 12.8 Å². The van der Waals surface area contributed by atoms with Gasteiger partial charge in [0, 0.05) is 19.1 Å². The Bertz CT molecular complexity index is 393.